The molecule has 0 atom stereocenters. The summed E-state index contributed by atoms with van der Waals surface area (Å²) < 4.78 is 0. The van der Waals surface area contributed by atoms with Crippen LogP contribution >= 0.6 is 11.3 Å². The zero-order valence-electron chi connectivity index (χ0n) is 9.55. The molecule has 0 saturated carbocycles. The molecule has 0 unspecified atom stereocenters. The van der Waals surface area contributed by atoms with Crippen LogP contribution in [-0.4, -0.2) is 11.8 Å². The topological polar surface area (TPSA) is 72.2 Å². The molecule has 0 saturated heterocycles. The quantitative estimate of drug-likeness (QED) is 0.879. The lowest BCUT2D eigenvalue weighted by molar-refractivity contribution is 0.0950. The summed E-state index contributed by atoms with van der Waals surface area (Å²) in [6.45, 7) is 0.371. The number of hydrogen-bond acceptors (Lipinski definition) is 3. The van der Waals surface area contributed by atoms with Crippen molar-refractivity contribution in [2.75, 3.05) is 0 Å². The van der Waals surface area contributed by atoms with Gasteiger partial charge in [0.25, 0.3) is 5.91 Å². The van der Waals surface area contributed by atoms with Gasteiger partial charge in [-0.3, -0.25) is 9.59 Å². The number of primary amides is 1. The van der Waals surface area contributed by atoms with Crippen LogP contribution < -0.4 is 11.1 Å². The molecule has 0 fully saturated rings. The van der Waals surface area contributed by atoms with Crippen molar-refractivity contribution in [2.24, 2.45) is 5.73 Å². The summed E-state index contributed by atoms with van der Waals surface area (Å²) in [5.41, 5.74) is 7.12. The van der Waals surface area contributed by atoms with E-state index in [1.165, 1.54) is 11.3 Å². The van der Waals surface area contributed by atoms with Gasteiger partial charge in [0, 0.05) is 23.1 Å². The number of rotatable bonds is 4. The molecule has 2 rings (SSSR count). The largest absolute Gasteiger partial charge is 0.366 e. The molecule has 0 aliphatic carbocycles. The van der Waals surface area contributed by atoms with Gasteiger partial charge >= 0.3 is 0 Å². The first kappa shape index (κ1) is 12.3. The van der Waals surface area contributed by atoms with E-state index in [4.69, 9.17) is 5.73 Å². The molecule has 2 amide bonds. The Labute approximate surface area is 108 Å². The Morgan fingerprint density at radius 1 is 1.22 bits per heavy atom. The van der Waals surface area contributed by atoms with Crippen molar-refractivity contribution >= 4 is 23.2 Å². The van der Waals surface area contributed by atoms with Gasteiger partial charge in [0.1, 0.15) is 0 Å². The number of carbonyl (C=O) groups is 2. The third-order valence-electron chi connectivity index (χ3n) is 2.45. The maximum absolute atomic E-state index is 11.7. The molecular weight excluding hydrogens is 248 g/mol. The van der Waals surface area contributed by atoms with Gasteiger partial charge in [0.15, 0.2) is 0 Å². The lowest BCUT2D eigenvalue weighted by atomic mass is 10.1. The van der Waals surface area contributed by atoms with Gasteiger partial charge in [-0.2, -0.15) is 11.3 Å². The van der Waals surface area contributed by atoms with Gasteiger partial charge in [-0.25, -0.2) is 0 Å². The molecule has 1 aromatic heterocycles. The molecule has 1 aromatic carbocycles. The van der Waals surface area contributed by atoms with Crippen molar-refractivity contribution in [1.29, 1.82) is 0 Å². The minimum Gasteiger partial charge on any atom is -0.366 e. The highest BCUT2D eigenvalue weighted by Gasteiger charge is 2.06. The molecule has 0 radical (unpaired) electrons. The zero-order chi connectivity index (χ0) is 13.0. The second kappa shape index (κ2) is 5.46. The summed E-state index contributed by atoms with van der Waals surface area (Å²) in [4.78, 5) is 22.7. The summed E-state index contributed by atoms with van der Waals surface area (Å²) in [6.07, 6.45) is 0. The molecule has 92 valence electrons. The molecule has 2 aromatic rings. The molecule has 0 spiro atoms. The Morgan fingerprint density at radius 3 is 2.72 bits per heavy atom. The molecule has 0 aliphatic rings. The lowest BCUT2D eigenvalue weighted by Crippen LogP contribution is -2.22. The van der Waals surface area contributed by atoms with Crippen molar-refractivity contribution in [3.63, 3.8) is 0 Å². The Balaban J connectivity index is 2.00. The van der Waals surface area contributed by atoms with Crippen LogP contribution in [0.1, 0.15) is 26.3 Å². The summed E-state index contributed by atoms with van der Waals surface area (Å²) in [7, 11) is 0. The minimum absolute atomic E-state index is 0.124. The molecule has 0 bridgehead atoms. The minimum atomic E-state index is -0.471. The first-order valence-electron chi connectivity index (χ1n) is 5.36. The highest BCUT2D eigenvalue weighted by Crippen LogP contribution is 2.07. The van der Waals surface area contributed by atoms with E-state index in [0.29, 0.717) is 17.7 Å². The van der Waals surface area contributed by atoms with Crippen molar-refractivity contribution in [1.82, 2.24) is 5.32 Å². The van der Waals surface area contributed by atoms with Crippen molar-refractivity contribution in [3.05, 3.63) is 57.8 Å². The Morgan fingerprint density at radius 2 is 2.06 bits per heavy atom. The van der Waals surface area contributed by atoms with Crippen LogP contribution in [-0.2, 0) is 6.54 Å². The smallest absolute Gasteiger partial charge is 0.252 e. The van der Waals surface area contributed by atoms with Crippen molar-refractivity contribution in [2.45, 2.75) is 6.54 Å². The monoisotopic (exact) mass is 260 g/mol. The second-order valence-electron chi connectivity index (χ2n) is 3.76. The van der Waals surface area contributed by atoms with Gasteiger partial charge in [-0.15, -0.1) is 0 Å². The third-order valence-corrected chi connectivity index (χ3v) is 3.13. The van der Waals surface area contributed by atoms with Crippen LogP contribution in [0.4, 0.5) is 0 Å². The van der Waals surface area contributed by atoms with Crippen molar-refractivity contribution in [3.8, 4) is 0 Å². The van der Waals surface area contributed by atoms with Crippen molar-refractivity contribution < 1.29 is 9.59 Å². The summed E-state index contributed by atoms with van der Waals surface area (Å²) in [6, 6.07) is 8.66. The Bertz CT molecular complexity index is 564. The maximum atomic E-state index is 11.7. The summed E-state index contributed by atoms with van der Waals surface area (Å²) in [5.74, 6) is -0.596. The molecule has 3 N–H and O–H groups in total. The van der Waals surface area contributed by atoms with Gasteiger partial charge in [0.05, 0.1) is 0 Å². The number of carbonyl (C=O) groups excluding carboxylic acids is 2. The fourth-order valence-corrected chi connectivity index (χ4v) is 2.15. The van der Waals surface area contributed by atoms with Crippen LogP contribution in [0.15, 0.2) is 41.1 Å². The summed E-state index contributed by atoms with van der Waals surface area (Å²) in [5, 5.41) is 6.42. The second-order valence-corrected chi connectivity index (χ2v) is 4.54. The molecular formula is C13H12N2O2S. The normalized spacial score (nSPS) is 10.0. The van der Waals surface area contributed by atoms with Crippen LogP contribution in [0.5, 0.6) is 0 Å². The van der Waals surface area contributed by atoms with E-state index in [1.54, 1.807) is 29.6 Å². The molecule has 5 heteroatoms. The summed E-state index contributed by atoms with van der Waals surface area (Å²) >= 11 is 1.47. The average Bonchev–Trinajstić information content (AvgIpc) is 2.90. The van der Waals surface area contributed by atoms with Gasteiger partial charge in [0.2, 0.25) is 5.91 Å². The van der Waals surface area contributed by atoms with E-state index in [0.717, 1.165) is 5.56 Å². The predicted octanol–water partition coefficient (Wildman–Crippen LogP) is 1.78. The highest BCUT2D eigenvalue weighted by atomic mass is 32.1. The van der Waals surface area contributed by atoms with E-state index in [1.807, 2.05) is 11.4 Å². The maximum Gasteiger partial charge on any atom is 0.252 e. The number of amides is 2. The van der Waals surface area contributed by atoms with Crippen LogP contribution in [0, 0.1) is 0 Å². The highest BCUT2D eigenvalue weighted by molar-refractivity contribution is 7.08. The Kier molecular flexibility index (Phi) is 3.74. The van der Waals surface area contributed by atoms with Gasteiger partial charge in [-0.05, 0) is 29.1 Å². The first-order chi connectivity index (χ1) is 8.66. The Hall–Kier alpha value is -2.14. The van der Waals surface area contributed by atoms with Gasteiger partial charge in [-0.1, -0.05) is 12.1 Å². The van der Waals surface area contributed by atoms with Gasteiger partial charge < -0.3 is 11.1 Å². The number of thiophene rings is 1. The predicted molar refractivity (Wildman–Crippen MR) is 70.4 cm³/mol. The fraction of sp³-hybridized carbons (Fsp3) is 0.0769. The third kappa shape index (κ3) is 2.95. The standard InChI is InChI=1S/C13H12N2O2S/c14-12(16)10-3-1-2-9(6-10)7-15-13(17)11-4-5-18-8-11/h1-6,8H,7H2,(H2,14,16)(H,15,17). The van der Waals surface area contributed by atoms with E-state index in [9.17, 15) is 9.59 Å². The fourth-order valence-electron chi connectivity index (χ4n) is 1.51. The molecule has 18 heavy (non-hydrogen) atoms. The van der Waals surface area contributed by atoms with E-state index in [-0.39, 0.29) is 5.91 Å². The van der Waals surface area contributed by atoms with Crippen LogP contribution in [0.25, 0.3) is 0 Å². The number of hydrogen-bond donors (Lipinski definition) is 2. The molecule has 0 aliphatic heterocycles. The average molecular weight is 260 g/mol. The number of nitrogens with one attached hydrogen (secondary N) is 1. The molecule has 1 heterocycles. The van der Waals surface area contributed by atoms with E-state index >= 15 is 0 Å². The number of nitrogens with two attached hydrogens (primary N) is 1. The van der Waals surface area contributed by atoms with Crippen LogP contribution in [0.3, 0.4) is 0 Å². The first-order valence-corrected chi connectivity index (χ1v) is 6.30. The lowest BCUT2D eigenvalue weighted by Gasteiger charge is -2.05. The zero-order valence-corrected chi connectivity index (χ0v) is 10.4. The number of benzene rings is 1. The van der Waals surface area contributed by atoms with Crippen LogP contribution in [0.2, 0.25) is 0 Å². The SMILES string of the molecule is NC(=O)c1cccc(CNC(=O)c2ccsc2)c1. The van der Waals surface area contributed by atoms with E-state index < -0.39 is 5.91 Å². The molecule has 4 nitrogen and oxygen atoms in total. The van der Waals surface area contributed by atoms with E-state index in [2.05, 4.69) is 5.32 Å².